The number of sulfonamides is 1. The average molecular weight is 542 g/mol. The van der Waals surface area contributed by atoms with Gasteiger partial charge in [-0.1, -0.05) is 54.1 Å². The van der Waals surface area contributed by atoms with Gasteiger partial charge in [-0.25, -0.2) is 13.1 Å². The largest absolute Gasteiger partial charge is 0.534 e. The molecule has 0 unspecified atom stereocenters. The number of hydrogen-bond donors (Lipinski definition) is 1. The topological polar surface area (TPSA) is 89.5 Å². The second-order valence-corrected chi connectivity index (χ2v) is 11.8. The Labute approximate surface area is 209 Å². The van der Waals surface area contributed by atoms with Gasteiger partial charge in [0, 0.05) is 17.5 Å². The summed E-state index contributed by atoms with van der Waals surface area (Å²) in [4.78, 5) is 0.0171. The third-order valence-electron chi connectivity index (χ3n) is 5.62. The van der Waals surface area contributed by atoms with Gasteiger partial charge >= 0.3 is 15.6 Å². The van der Waals surface area contributed by atoms with Crippen molar-refractivity contribution in [2.75, 3.05) is 0 Å². The smallest absolute Gasteiger partial charge is 0.376 e. The summed E-state index contributed by atoms with van der Waals surface area (Å²) in [6.45, 7) is 6.57. The van der Waals surface area contributed by atoms with Crippen molar-refractivity contribution in [1.82, 2.24) is 4.72 Å². The zero-order chi connectivity index (χ0) is 26.9. The predicted molar refractivity (Wildman–Crippen MR) is 131 cm³/mol. The molecule has 0 saturated carbocycles. The first-order valence-corrected chi connectivity index (χ1v) is 13.8. The van der Waals surface area contributed by atoms with Gasteiger partial charge in [-0.3, -0.25) is 0 Å². The van der Waals surface area contributed by atoms with Gasteiger partial charge in [-0.15, -0.1) is 0 Å². The summed E-state index contributed by atoms with van der Waals surface area (Å²) < 4.78 is 96.8. The van der Waals surface area contributed by atoms with Crippen LogP contribution in [0, 0.1) is 20.8 Å². The fourth-order valence-corrected chi connectivity index (χ4v) is 5.76. The molecule has 0 aliphatic carbocycles. The Kier molecular flexibility index (Phi) is 7.87. The van der Waals surface area contributed by atoms with E-state index in [0.29, 0.717) is 16.7 Å². The Bertz CT molecular complexity index is 1440. The van der Waals surface area contributed by atoms with E-state index >= 15 is 0 Å². The molecule has 36 heavy (non-hydrogen) atoms. The number of aryl methyl sites for hydroxylation is 3. The molecule has 0 saturated heterocycles. The minimum absolute atomic E-state index is 0.0171. The van der Waals surface area contributed by atoms with Gasteiger partial charge in [0.25, 0.3) is 0 Å². The van der Waals surface area contributed by atoms with Gasteiger partial charge in [0.05, 0.1) is 4.90 Å². The van der Waals surface area contributed by atoms with E-state index in [1.807, 2.05) is 6.92 Å². The summed E-state index contributed by atoms with van der Waals surface area (Å²) in [5, 5.41) is 0. The lowest BCUT2D eigenvalue weighted by molar-refractivity contribution is -0.0500. The third-order valence-corrected chi connectivity index (χ3v) is 8.16. The molecule has 0 aliphatic heterocycles. The lowest BCUT2D eigenvalue weighted by atomic mass is 9.83. The van der Waals surface area contributed by atoms with Crippen molar-refractivity contribution in [2.45, 2.75) is 50.1 Å². The monoisotopic (exact) mass is 541 g/mol. The Balaban J connectivity index is 2.16. The first-order chi connectivity index (χ1) is 16.6. The summed E-state index contributed by atoms with van der Waals surface area (Å²) in [6.07, 6.45) is 0. The fourth-order valence-electron chi connectivity index (χ4n) is 4.04. The molecule has 0 fully saturated rings. The van der Waals surface area contributed by atoms with Crippen molar-refractivity contribution in [3.8, 4) is 5.75 Å². The molecule has 0 aromatic heterocycles. The van der Waals surface area contributed by atoms with Gasteiger partial charge in [-0.05, 0) is 62.6 Å². The highest BCUT2D eigenvalue weighted by Crippen LogP contribution is 2.40. The Hall–Kier alpha value is -2.89. The molecule has 0 spiro atoms. The van der Waals surface area contributed by atoms with Crippen LogP contribution in [0.5, 0.6) is 5.75 Å². The zero-order valence-corrected chi connectivity index (χ0v) is 21.6. The van der Waals surface area contributed by atoms with Crippen molar-refractivity contribution >= 4 is 20.1 Å². The molecular formula is C25H26F3NO5S2. The fraction of sp³-hybridized carbons (Fsp3) is 0.280. The molecule has 3 aromatic carbocycles. The SMILES string of the molecule is Cc1ccc(S(=O)(=O)N[C@H](C)[C@@H](c2ccccc2)c2c(C)cc(C)cc2OS(=O)(=O)C(F)(F)F)cc1. The normalized spacial score (nSPS) is 14.3. The van der Waals surface area contributed by atoms with Crippen molar-refractivity contribution in [3.05, 3.63) is 94.5 Å². The maximum absolute atomic E-state index is 13.2. The molecule has 2 atom stereocenters. The molecule has 0 aliphatic rings. The molecule has 3 aromatic rings. The molecule has 0 radical (unpaired) electrons. The van der Waals surface area contributed by atoms with Gasteiger partial charge in [0.2, 0.25) is 10.0 Å². The summed E-state index contributed by atoms with van der Waals surface area (Å²) in [5.74, 6) is -1.40. The van der Waals surface area contributed by atoms with Crippen molar-refractivity contribution in [2.24, 2.45) is 0 Å². The number of rotatable bonds is 8. The van der Waals surface area contributed by atoms with Crippen LogP contribution in [0.1, 0.15) is 40.7 Å². The maximum atomic E-state index is 13.2. The molecular weight excluding hydrogens is 515 g/mol. The van der Waals surface area contributed by atoms with E-state index < -0.39 is 43.4 Å². The van der Waals surface area contributed by atoms with E-state index in [4.69, 9.17) is 0 Å². The first-order valence-electron chi connectivity index (χ1n) is 10.9. The molecule has 11 heteroatoms. The summed E-state index contributed by atoms with van der Waals surface area (Å²) >= 11 is 0. The Morgan fingerprint density at radius 3 is 1.97 bits per heavy atom. The maximum Gasteiger partial charge on any atom is 0.534 e. The first kappa shape index (κ1) is 27.7. The predicted octanol–water partition coefficient (Wildman–Crippen LogP) is 5.34. The number of hydrogen-bond acceptors (Lipinski definition) is 5. The van der Waals surface area contributed by atoms with Crippen LogP contribution in [0.2, 0.25) is 0 Å². The highest BCUT2D eigenvalue weighted by molar-refractivity contribution is 7.89. The summed E-state index contributed by atoms with van der Waals surface area (Å²) in [5.41, 5.74) is -3.17. The van der Waals surface area contributed by atoms with Gasteiger partial charge in [0.15, 0.2) is 0 Å². The Morgan fingerprint density at radius 2 is 1.42 bits per heavy atom. The molecule has 194 valence electrons. The van der Waals surface area contributed by atoms with E-state index in [0.717, 1.165) is 5.56 Å². The van der Waals surface area contributed by atoms with Crippen LogP contribution >= 0.6 is 0 Å². The van der Waals surface area contributed by atoms with Crippen LogP contribution in [-0.2, 0) is 20.1 Å². The van der Waals surface area contributed by atoms with E-state index in [1.54, 1.807) is 69.3 Å². The lowest BCUT2D eigenvalue weighted by Crippen LogP contribution is -2.38. The molecule has 0 amide bonds. The van der Waals surface area contributed by atoms with Crippen molar-refractivity contribution in [3.63, 3.8) is 0 Å². The van der Waals surface area contributed by atoms with E-state index in [9.17, 15) is 30.0 Å². The van der Waals surface area contributed by atoms with E-state index in [2.05, 4.69) is 8.91 Å². The highest BCUT2D eigenvalue weighted by Gasteiger charge is 2.49. The minimum atomic E-state index is -5.97. The molecule has 3 rings (SSSR count). The van der Waals surface area contributed by atoms with E-state index in [-0.39, 0.29) is 10.5 Å². The van der Waals surface area contributed by atoms with Crippen molar-refractivity contribution in [1.29, 1.82) is 0 Å². The molecule has 0 heterocycles. The molecule has 6 nitrogen and oxygen atoms in total. The number of alkyl halides is 3. The number of nitrogens with one attached hydrogen (secondary N) is 1. The van der Waals surface area contributed by atoms with Gasteiger partial charge < -0.3 is 4.18 Å². The summed E-state index contributed by atoms with van der Waals surface area (Å²) in [7, 11) is -9.99. The van der Waals surface area contributed by atoms with Gasteiger partial charge in [0.1, 0.15) is 5.75 Å². The van der Waals surface area contributed by atoms with E-state index in [1.165, 1.54) is 18.2 Å². The average Bonchev–Trinajstić information content (AvgIpc) is 2.75. The standard InChI is InChI=1S/C25H26F3NO5S2/c1-16-10-12-21(13-11-16)35(30,31)29-19(4)24(20-8-6-5-7-9-20)23-18(3)14-17(2)15-22(23)34-36(32,33)25(26,27)28/h5-15,19,24,29H,1-4H3/t19-,24+/m1/s1. The quantitative estimate of drug-likeness (QED) is 0.307. The van der Waals surface area contributed by atoms with Gasteiger partial charge in [-0.2, -0.15) is 21.6 Å². The zero-order valence-electron chi connectivity index (χ0n) is 20.0. The van der Waals surface area contributed by atoms with Crippen molar-refractivity contribution < 1.29 is 34.2 Å². The number of benzene rings is 3. The molecule has 1 N–H and O–H groups in total. The lowest BCUT2D eigenvalue weighted by Gasteiger charge is -2.29. The number of halogens is 3. The second kappa shape index (κ2) is 10.2. The molecule has 0 bridgehead atoms. The second-order valence-electron chi connectivity index (χ2n) is 8.59. The van der Waals surface area contributed by atoms with Crippen LogP contribution < -0.4 is 8.91 Å². The minimum Gasteiger partial charge on any atom is -0.376 e. The van der Waals surface area contributed by atoms with Crippen LogP contribution in [0.4, 0.5) is 13.2 Å². The summed E-state index contributed by atoms with van der Waals surface area (Å²) in [6, 6.07) is 16.6. The third kappa shape index (κ3) is 6.08. The van der Waals surface area contributed by atoms with Crippen LogP contribution in [0.3, 0.4) is 0 Å². The Morgan fingerprint density at radius 1 is 0.833 bits per heavy atom. The highest BCUT2D eigenvalue weighted by atomic mass is 32.2. The van der Waals surface area contributed by atoms with Crippen LogP contribution in [0.15, 0.2) is 71.6 Å². The van der Waals surface area contributed by atoms with Crippen LogP contribution in [-0.4, -0.2) is 28.4 Å². The van der Waals surface area contributed by atoms with Crippen LogP contribution in [0.25, 0.3) is 0 Å².